The van der Waals surface area contributed by atoms with E-state index in [2.05, 4.69) is 38.6 Å². The number of thioether (sulfide) groups is 1. The number of nitrogens with zero attached hydrogens (tertiary/aromatic N) is 2. The third kappa shape index (κ3) is 6.62. The van der Waals surface area contributed by atoms with Crippen molar-refractivity contribution in [2.45, 2.75) is 24.7 Å². The van der Waals surface area contributed by atoms with Crippen molar-refractivity contribution in [1.82, 2.24) is 10.2 Å². The molecule has 0 aromatic heterocycles. The van der Waals surface area contributed by atoms with Crippen LogP contribution in [0.5, 0.6) is 0 Å². The first-order valence-corrected chi connectivity index (χ1v) is 12.6. The van der Waals surface area contributed by atoms with Gasteiger partial charge in [0.2, 0.25) is 11.8 Å². The van der Waals surface area contributed by atoms with E-state index in [0.29, 0.717) is 0 Å². The molecule has 2 aliphatic heterocycles. The van der Waals surface area contributed by atoms with Crippen molar-refractivity contribution in [3.05, 3.63) is 59.7 Å². The molecule has 0 saturated carbocycles. The Bertz CT molecular complexity index is 1010. The average Bonchev–Trinajstić information content (AvgIpc) is 2.83. The van der Waals surface area contributed by atoms with Crippen molar-refractivity contribution in [2.24, 2.45) is 0 Å². The fraction of sp³-hybridized carbons (Fsp3) is 0.385. The molecule has 2 heterocycles. The number of unbranched alkanes of at least 4 members (excludes halogenated alkanes) is 1. The second kappa shape index (κ2) is 11.4. The van der Waals surface area contributed by atoms with Crippen molar-refractivity contribution in [3.8, 4) is 0 Å². The van der Waals surface area contributed by atoms with Crippen LogP contribution in [0.1, 0.15) is 25.3 Å². The fourth-order valence-corrected chi connectivity index (χ4v) is 5.23. The van der Waals surface area contributed by atoms with Crippen LogP contribution in [-0.4, -0.2) is 61.7 Å². The van der Waals surface area contributed by atoms with Crippen LogP contribution in [-0.2, 0) is 9.59 Å². The topological polar surface area (TPSA) is 64.7 Å². The van der Waals surface area contributed by atoms with E-state index >= 15 is 0 Å². The molecule has 0 spiro atoms. The lowest BCUT2D eigenvalue weighted by atomic mass is 10.1. The monoisotopic (exact) mass is 464 g/mol. The summed E-state index contributed by atoms with van der Waals surface area (Å²) >= 11 is 1.73. The average molecular weight is 465 g/mol. The number of benzene rings is 2. The van der Waals surface area contributed by atoms with Gasteiger partial charge in [0.05, 0.1) is 0 Å². The predicted octanol–water partition coefficient (Wildman–Crippen LogP) is 3.85. The van der Waals surface area contributed by atoms with E-state index in [1.807, 2.05) is 36.4 Å². The van der Waals surface area contributed by atoms with Gasteiger partial charge in [-0.3, -0.25) is 14.5 Å². The van der Waals surface area contributed by atoms with Crippen molar-refractivity contribution in [2.75, 3.05) is 55.2 Å². The van der Waals surface area contributed by atoms with E-state index in [-0.39, 0.29) is 11.8 Å². The Kier molecular flexibility index (Phi) is 8.07. The highest BCUT2D eigenvalue weighted by Gasteiger charge is 2.18. The highest BCUT2D eigenvalue weighted by molar-refractivity contribution is 7.99. The van der Waals surface area contributed by atoms with Gasteiger partial charge in [0.1, 0.15) is 0 Å². The zero-order valence-electron chi connectivity index (χ0n) is 19.2. The molecule has 0 bridgehead atoms. The number of anilines is 2. The summed E-state index contributed by atoms with van der Waals surface area (Å²) in [5.41, 5.74) is 4.00. The van der Waals surface area contributed by atoms with Crippen molar-refractivity contribution >= 4 is 41.0 Å². The number of rotatable bonds is 8. The van der Waals surface area contributed by atoms with Gasteiger partial charge in [-0.1, -0.05) is 24.3 Å². The predicted molar refractivity (Wildman–Crippen MR) is 137 cm³/mol. The molecule has 7 heteroatoms. The number of hydrogen-bond donors (Lipinski definition) is 2. The molecule has 2 N–H and O–H groups in total. The van der Waals surface area contributed by atoms with Gasteiger partial charge in [0, 0.05) is 67.2 Å². The molecule has 0 atom stereocenters. The summed E-state index contributed by atoms with van der Waals surface area (Å²) in [6.07, 6.45) is 4.09. The minimum Gasteiger partial charge on any atom is -0.369 e. The first kappa shape index (κ1) is 23.4. The molecule has 4 rings (SSSR count). The largest absolute Gasteiger partial charge is 0.369 e. The van der Waals surface area contributed by atoms with E-state index < -0.39 is 0 Å². The Hall–Kier alpha value is -2.77. The summed E-state index contributed by atoms with van der Waals surface area (Å²) in [6.45, 7) is 7.32. The second-order valence-corrected chi connectivity index (χ2v) is 9.54. The Morgan fingerprint density at radius 3 is 2.64 bits per heavy atom. The Labute approximate surface area is 200 Å². The Balaban J connectivity index is 1.13. The summed E-state index contributed by atoms with van der Waals surface area (Å²) < 4.78 is 0. The number of nitrogens with one attached hydrogen (secondary N) is 2. The first-order chi connectivity index (χ1) is 16.1. The van der Waals surface area contributed by atoms with Gasteiger partial charge in [-0.05, 0) is 55.3 Å². The van der Waals surface area contributed by atoms with Gasteiger partial charge in [-0.2, -0.15) is 0 Å². The molecule has 2 aromatic carbocycles. The highest BCUT2D eigenvalue weighted by atomic mass is 32.2. The SMILES string of the molecule is CC(=O)Nc1cccc(N2CCN(CCCCNC(=O)C3=Cc4ccccc4SC3)CC2)c1. The van der Waals surface area contributed by atoms with Gasteiger partial charge in [-0.15, -0.1) is 11.8 Å². The molecule has 1 saturated heterocycles. The van der Waals surface area contributed by atoms with Crippen LogP contribution >= 0.6 is 11.8 Å². The molecule has 1 fully saturated rings. The molecular weight excluding hydrogens is 432 g/mol. The van der Waals surface area contributed by atoms with Crippen LogP contribution in [0.4, 0.5) is 11.4 Å². The van der Waals surface area contributed by atoms with Crippen molar-refractivity contribution in [3.63, 3.8) is 0 Å². The maximum atomic E-state index is 12.5. The molecule has 2 aliphatic rings. The first-order valence-electron chi connectivity index (χ1n) is 11.6. The molecule has 0 aliphatic carbocycles. The number of carbonyl (C=O) groups excluding carboxylic acids is 2. The van der Waals surface area contributed by atoms with Gasteiger partial charge < -0.3 is 15.5 Å². The number of hydrogen-bond acceptors (Lipinski definition) is 5. The molecule has 0 unspecified atom stereocenters. The zero-order chi connectivity index (χ0) is 23.0. The van der Waals surface area contributed by atoms with Crippen LogP contribution in [0.15, 0.2) is 59.0 Å². The van der Waals surface area contributed by atoms with Gasteiger partial charge in [-0.25, -0.2) is 0 Å². The molecule has 174 valence electrons. The number of amides is 2. The third-order valence-corrected chi connectivity index (χ3v) is 7.15. The lowest BCUT2D eigenvalue weighted by Crippen LogP contribution is -2.46. The summed E-state index contributed by atoms with van der Waals surface area (Å²) in [6, 6.07) is 16.3. The molecule has 2 aromatic rings. The highest BCUT2D eigenvalue weighted by Crippen LogP contribution is 2.31. The Morgan fingerprint density at radius 1 is 1.00 bits per heavy atom. The molecular formula is C26H32N4O2S. The minimum absolute atomic E-state index is 0.0483. The lowest BCUT2D eigenvalue weighted by molar-refractivity contribution is -0.117. The third-order valence-electron chi connectivity index (χ3n) is 6.01. The van der Waals surface area contributed by atoms with Gasteiger partial charge >= 0.3 is 0 Å². The quantitative estimate of drug-likeness (QED) is 0.581. The smallest absolute Gasteiger partial charge is 0.248 e. The maximum absolute atomic E-state index is 12.5. The van der Waals surface area contributed by atoms with Crippen LogP contribution in [0.25, 0.3) is 6.08 Å². The lowest BCUT2D eigenvalue weighted by Gasteiger charge is -2.36. The number of piperazine rings is 1. The van der Waals surface area contributed by atoms with E-state index in [1.165, 1.54) is 11.8 Å². The van der Waals surface area contributed by atoms with Gasteiger partial charge in [0.25, 0.3) is 0 Å². The summed E-state index contributed by atoms with van der Waals surface area (Å²) in [5, 5.41) is 5.95. The van der Waals surface area contributed by atoms with Crippen LogP contribution in [0.3, 0.4) is 0 Å². The molecule has 6 nitrogen and oxygen atoms in total. The molecule has 2 amide bonds. The summed E-state index contributed by atoms with van der Waals surface area (Å²) in [4.78, 5) is 29.9. The van der Waals surface area contributed by atoms with E-state index in [4.69, 9.17) is 0 Å². The van der Waals surface area contributed by atoms with E-state index in [0.717, 1.165) is 80.4 Å². The molecule has 33 heavy (non-hydrogen) atoms. The Morgan fingerprint density at radius 2 is 1.82 bits per heavy atom. The van der Waals surface area contributed by atoms with Crippen molar-refractivity contribution < 1.29 is 9.59 Å². The van der Waals surface area contributed by atoms with Crippen LogP contribution in [0.2, 0.25) is 0 Å². The minimum atomic E-state index is -0.0483. The fourth-order valence-electron chi connectivity index (χ4n) is 4.24. The standard InChI is InChI=1S/C26H32N4O2S/c1-20(31)28-23-8-6-9-24(18-23)30-15-13-29(14-16-30)12-5-4-11-27-26(32)22-17-21-7-2-3-10-25(21)33-19-22/h2-3,6-10,17-18H,4-5,11-16,19H2,1H3,(H,27,32)(H,28,31). The van der Waals surface area contributed by atoms with E-state index in [1.54, 1.807) is 11.8 Å². The second-order valence-electron chi connectivity index (χ2n) is 8.52. The molecule has 0 radical (unpaired) electrons. The summed E-state index contributed by atoms with van der Waals surface area (Å²) in [5.74, 6) is 0.751. The number of carbonyl (C=O) groups is 2. The van der Waals surface area contributed by atoms with Crippen molar-refractivity contribution in [1.29, 1.82) is 0 Å². The van der Waals surface area contributed by atoms with Crippen LogP contribution in [0, 0.1) is 0 Å². The van der Waals surface area contributed by atoms with E-state index in [9.17, 15) is 9.59 Å². The van der Waals surface area contributed by atoms with Crippen LogP contribution < -0.4 is 15.5 Å². The number of fused-ring (bicyclic) bond motifs is 1. The zero-order valence-corrected chi connectivity index (χ0v) is 20.0. The maximum Gasteiger partial charge on any atom is 0.248 e. The normalized spacial score (nSPS) is 16.0. The van der Waals surface area contributed by atoms with Gasteiger partial charge in [0.15, 0.2) is 0 Å². The summed E-state index contributed by atoms with van der Waals surface area (Å²) in [7, 11) is 0.